The highest BCUT2D eigenvalue weighted by atomic mass is 16.3. The molecule has 0 bridgehead atoms. The Bertz CT molecular complexity index is 1020. The maximum Gasteiger partial charge on any atom is 0.257 e. The van der Waals surface area contributed by atoms with E-state index in [4.69, 9.17) is 4.42 Å². The molecule has 2 aliphatic rings. The summed E-state index contributed by atoms with van der Waals surface area (Å²) >= 11 is 0. The van der Waals surface area contributed by atoms with Crippen molar-refractivity contribution in [3.8, 4) is 0 Å². The minimum Gasteiger partial charge on any atom is -0.472 e. The van der Waals surface area contributed by atoms with Crippen molar-refractivity contribution in [2.45, 2.75) is 25.7 Å². The Kier molecular flexibility index (Phi) is 3.85. The lowest BCUT2D eigenvalue weighted by Crippen LogP contribution is -2.42. The van der Waals surface area contributed by atoms with Gasteiger partial charge in [-0.25, -0.2) is 0 Å². The van der Waals surface area contributed by atoms with E-state index in [9.17, 15) is 9.59 Å². The number of amides is 1. The molecule has 1 fully saturated rings. The first kappa shape index (κ1) is 16.3. The molecular weight excluding hydrogens is 338 g/mol. The second-order valence-corrected chi connectivity index (χ2v) is 7.58. The van der Waals surface area contributed by atoms with Crippen molar-refractivity contribution < 1.29 is 14.0 Å². The molecule has 136 valence electrons. The van der Waals surface area contributed by atoms with Crippen LogP contribution in [-0.2, 0) is 12.8 Å². The minimum atomic E-state index is -0.145. The van der Waals surface area contributed by atoms with Gasteiger partial charge in [-0.3, -0.25) is 9.59 Å². The molecule has 1 saturated heterocycles. The zero-order chi connectivity index (χ0) is 18.4. The quantitative estimate of drug-likeness (QED) is 0.656. The van der Waals surface area contributed by atoms with E-state index in [0.717, 1.165) is 36.6 Å². The van der Waals surface area contributed by atoms with E-state index in [1.54, 1.807) is 11.0 Å². The predicted octanol–water partition coefficient (Wildman–Crippen LogP) is 4.27. The van der Waals surface area contributed by atoms with Gasteiger partial charge >= 0.3 is 0 Å². The highest BCUT2D eigenvalue weighted by molar-refractivity contribution is 6.11. The fraction of sp³-hybridized carbons (Fsp3) is 0.304. The Morgan fingerprint density at radius 2 is 1.89 bits per heavy atom. The van der Waals surface area contributed by atoms with Crippen LogP contribution in [0.3, 0.4) is 0 Å². The Morgan fingerprint density at radius 3 is 2.70 bits per heavy atom. The van der Waals surface area contributed by atoms with Crippen LogP contribution in [-0.4, -0.2) is 29.7 Å². The first-order valence-corrected chi connectivity index (χ1v) is 9.61. The average molecular weight is 359 g/mol. The molecule has 0 unspecified atom stereocenters. The molecule has 1 aliphatic carbocycles. The number of carbonyl (C=O) groups is 2. The number of benzene rings is 2. The third kappa shape index (κ3) is 2.67. The van der Waals surface area contributed by atoms with Crippen LogP contribution in [0.25, 0.3) is 10.8 Å². The van der Waals surface area contributed by atoms with Gasteiger partial charge in [-0.1, -0.05) is 30.3 Å². The van der Waals surface area contributed by atoms with Crippen LogP contribution in [0.2, 0.25) is 0 Å². The predicted molar refractivity (Wildman–Crippen MR) is 103 cm³/mol. The Balaban J connectivity index is 1.45. The SMILES string of the molecule is O=C(c1ccc2c3c(cccc13)CC2)[C@H]1CCCN(C(=O)c2ccoc2)C1. The molecule has 1 amide bonds. The Morgan fingerprint density at radius 1 is 1.04 bits per heavy atom. The molecule has 3 aromatic rings. The topological polar surface area (TPSA) is 50.5 Å². The lowest BCUT2D eigenvalue weighted by Gasteiger charge is -2.32. The maximum absolute atomic E-state index is 13.4. The first-order valence-electron chi connectivity index (χ1n) is 9.61. The van der Waals surface area contributed by atoms with E-state index >= 15 is 0 Å². The van der Waals surface area contributed by atoms with E-state index in [2.05, 4.69) is 24.3 Å². The highest BCUT2D eigenvalue weighted by Crippen LogP contribution is 2.34. The number of carbonyl (C=O) groups excluding carboxylic acids is 2. The average Bonchev–Trinajstić information content (AvgIpc) is 3.39. The minimum absolute atomic E-state index is 0.0540. The van der Waals surface area contributed by atoms with Crippen molar-refractivity contribution in [2.75, 3.05) is 13.1 Å². The summed E-state index contributed by atoms with van der Waals surface area (Å²) in [7, 11) is 0. The monoisotopic (exact) mass is 359 g/mol. The summed E-state index contributed by atoms with van der Waals surface area (Å²) in [4.78, 5) is 27.8. The molecule has 0 saturated carbocycles. The number of aryl methyl sites for hydroxylation is 2. The highest BCUT2D eigenvalue weighted by Gasteiger charge is 2.31. The second kappa shape index (κ2) is 6.38. The van der Waals surface area contributed by atoms with Gasteiger partial charge in [0.15, 0.2) is 5.78 Å². The first-order chi connectivity index (χ1) is 13.2. The summed E-state index contributed by atoms with van der Waals surface area (Å²) in [5.74, 6) is -0.0370. The lowest BCUT2D eigenvalue weighted by molar-refractivity contribution is 0.0637. The number of Topliss-reactive ketones (excluding diaryl/α,β-unsaturated/α-hetero) is 1. The van der Waals surface area contributed by atoms with Gasteiger partial charge in [-0.15, -0.1) is 0 Å². The Labute approximate surface area is 157 Å². The van der Waals surface area contributed by atoms with E-state index in [1.807, 2.05) is 6.07 Å². The molecule has 1 aliphatic heterocycles. The molecule has 1 aromatic heterocycles. The van der Waals surface area contributed by atoms with Crippen molar-refractivity contribution in [3.05, 3.63) is 71.2 Å². The van der Waals surface area contributed by atoms with Gasteiger partial charge in [0.25, 0.3) is 5.91 Å². The molecule has 0 radical (unpaired) electrons. The number of hydrogen-bond acceptors (Lipinski definition) is 3. The number of likely N-dealkylation sites (tertiary alicyclic amines) is 1. The molecule has 2 aromatic carbocycles. The van der Waals surface area contributed by atoms with Gasteiger partial charge in [0.2, 0.25) is 0 Å². The van der Waals surface area contributed by atoms with Gasteiger partial charge in [-0.05, 0) is 53.6 Å². The van der Waals surface area contributed by atoms with E-state index in [-0.39, 0.29) is 17.6 Å². The summed E-state index contributed by atoms with van der Waals surface area (Å²) < 4.78 is 5.03. The smallest absolute Gasteiger partial charge is 0.257 e. The van der Waals surface area contributed by atoms with Crippen molar-refractivity contribution >= 4 is 22.5 Å². The molecule has 5 rings (SSSR count). The number of ketones is 1. The maximum atomic E-state index is 13.4. The third-order valence-electron chi connectivity index (χ3n) is 5.99. The van der Waals surface area contributed by atoms with Gasteiger partial charge in [0.1, 0.15) is 6.26 Å². The summed E-state index contributed by atoms with van der Waals surface area (Å²) in [6.07, 6.45) is 6.77. The summed E-state index contributed by atoms with van der Waals surface area (Å²) in [6.45, 7) is 1.17. The zero-order valence-electron chi connectivity index (χ0n) is 15.1. The van der Waals surface area contributed by atoms with Gasteiger partial charge in [0.05, 0.1) is 11.8 Å². The summed E-state index contributed by atoms with van der Waals surface area (Å²) in [5.41, 5.74) is 4.05. The normalized spacial score (nSPS) is 18.8. The fourth-order valence-electron chi connectivity index (χ4n) is 4.63. The Hall–Kier alpha value is -2.88. The molecular formula is C23H21NO3. The van der Waals surface area contributed by atoms with Crippen LogP contribution in [0.1, 0.15) is 44.7 Å². The summed E-state index contributed by atoms with van der Waals surface area (Å²) in [6, 6.07) is 12.1. The second-order valence-electron chi connectivity index (χ2n) is 7.58. The van der Waals surface area contributed by atoms with Crippen LogP contribution >= 0.6 is 0 Å². The van der Waals surface area contributed by atoms with Crippen LogP contribution < -0.4 is 0 Å². The van der Waals surface area contributed by atoms with Crippen LogP contribution in [0.4, 0.5) is 0 Å². The number of furan rings is 1. The fourth-order valence-corrected chi connectivity index (χ4v) is 4.63. The van der Waals surface area contributed by atoms with Gasteiger partial charge in [0, 0.05) is 24.6 Å². The molecule has 2 heterocycles. The molecule has 0 N–H and O–H groups in total. The molecule has 27 heavy (non-hydrogen) atoms. The number of rotatable bonds is 3. The van der Waals surface area contributed by atoms with Crippen molar-refractivity contribution in [2.24, 2.45) is 5.92 Å². The van der Waals surface area contributed by atoms with Crippen molar-refractivity contribution in [1.82, 2.24) is 4.90 Å². The van der Waals surface area contributed by atoms with E-state index in [0.29, 0.717) is 18.7 Å². The van der Waals surface area contributed by atoms with E-state index < -0.39 is 0 Å². The summed E-state index contributed by atoms with van der Waals surface area (Å²) in [5, 5.41) is 2.34. The van der Waals surface area contributed by atoms with Gasteiger partial charge < -0.3 is 9.32 Å². The molecule has 4 heteroatoms. The number of piperidine rings is 1. The van der Waals surface area contributed by atoms with Crippen molar-refractivity contribution in [3.63, 3.8) is 0 Å². The number of hydrogen-bond donors (Lipinski definition) is 0. The van der Waals surface area contributed by atoms with Crippen molar-refractivity contribution in [1.29, 1.82) is 0 Å². The largest absolute Gasteiger partial charge is 0.472 e. The molecule has 0 spiro atoms. The van der Waals surface area contributed by atoms with Gasteiger partial charge in [-0.2, -0.15) is 0 Å². The third-order valence-corrected chi connectivity index (χ3v) is 5.99. The van der Waals surface area contributed by atoms with Crippen LogP contribution in [0.15, 0.2) is 53.3 Å². The molecule has 4 nitrogen and oxygen atoms in total. The number of nitrogens with zero attached hydrogens (tertiary/aromatic N) is 1. The van der Waals surface area contributed by atoms with Crippen LogP contribution in [0, 0.1) is 5.92 Å². The lowest BCUT2D eigenvalue weighted by atomic mass is 9.87. The molecule has 1 atom stereocenters. The van der Waals surface area contributed by atoms with E-state index in [1.165, 1.54) is 29.0 Å². The zero-order valence-corrected chi connectivity index (χ0v) is 15.1. The standard InChI is InChI=1S/C23H21NO3/c25-22(17-4-2-11-24(13-17)23(26)18-10-12-27-14-18)20-9-8-16-7-6-15-3-1-5-19(20)21(15)16/h1,3,5,8-10,12,14,17H,2,4,6-7,11,13H2/t17-/m0/s1. The van der Waals surface area contributed by atoms with Crippen LogP contribution in [0.5, 0.6) is 0 Å².